The third-order valence-corrected chi connectivity index (χ3v) is 3.85. The van der Waals surface area contributed by atoms with Crippen LogP contribution in [0.3, 0.4) is 0 Å². The monoisotopic (exact) mass is 369 g/mol. The predicted molar refractivity (Wildman–Crippen MR) is 98.2 cm³/mol. The van der Waals surface area contributed by atoms with Gasteiger partial charge in [0.05, 0.1) is 11.6 Å². The van der Waals surface area contributed by atoms with Gasteiger partial charge >= 0.3 is 5.97 Å². The smallest absolute Gasteiger partial charge is 0.342 e. The minimum absolute atomic E-state index is 0.0709. The highest BCUT2D eigenvalue weighted by Gasteiger charge is 2.21. The first kappa shape index (κ1) is 17.8. The van der Waals surface area contributed by atoms with Crippen LogP contribution in [0.25, 0.3) is 22.1 Å². The van der Waals surface area contributed by atoms with E-state index in [4.69, 9.17) is 20.8 Å². The van der Waals surface area contributed by atoms with Crippen molar-refractivity contribution in [2.45, 2.75) is 26.4 Å². The fourth-order valence-corrected chi connectivity index (χ4v) is 2.81. The molecule has 0 aliphatic rings. The van der Waals surface area contributed by atoms with Gasteiger partial charge in [-0.25, -0.2) is 4.79 Å². The number of aromatic hydroxyl groups is 1. The standard InChI is InChI=1S/C20H16ClNO4/c1-20(2,3)26-19(24)13-5-4-12(8-16(13)23)14-6-11(10-22)7-17-15(14)9-18(21)25-17/h4-9,23H,1-3H3. The summed E-state index contributed by atoms with van der Waals surface area (Å²) < 4.78 is 10.7. The van der Waals surface area contributed by atoms with Gasteiger partial charge in [-0.15, -0.1) is 0 Å². The predicted octanol–water partition coefficient (Wildman–Crippen LogP) is 5.29. The molecule has 2 aromatic carbocycles. The Morgan fingerprint density at radius 1 is 1.23 bits per heavy atom. The third-order valence-electron chi connectivity index (χ3n) is 3.66. The number of nitrogens with zero attached hydrogens (tertiary/aromatic N) is 1. The van der Waals surface area contributed by atoms with E-state index in [1.54, 1.807) is 45.0 Å². The van der Waals surface area contributed by atoms with E-state index in [2.05, 4.69) is 6.07 Å². The molecule has 26 heavy (non-hydrogen) atoms. The molecule has 0 radical (unpaired) electrons. The molecule has 5 nitrogen and oxygen atoms in total. The number of halogens is 1. The Hall–Kier alpha value is -2.97. The van der Waals surface area contributed by atoms with Gasteiger partial charge in [0.1, 0.15) is 22.5 Å². The molecule has 0 bridgehead atoms. The normalized spacial score (nSPS) is 11.3. The molecule has 3 aromatic rings. The Balaban J connectivity index is 2.09. The Kier molecular flexibility index (Phi) is 4.39. The second kappa shape index (κ2) is 6.40. The number of phenols is 1. The van der Waals surface area contributed by atoms with E-state index in [0.29, 0.717) is 27.7 Å². The van der Waals surface area contributed by atoms with E-state index < -0.39 is 11.6 Å². The molecule has 1 aromatic heterocycles. The highest BCUT2D eigenvalue weighted by atomic mass is 35.5. The number of rotatable bonds is 2. The summed E-state index contributed by atoms with van der Waals surface area (Å²) in [6.07, 6.45) is 0. The molecule has 0 amide bonds. The number of ether oxygens (including phenoxy) is 1. The van der Waals surface area contributed by atoms with Crippen molar-refractivity contribution in [3.63, 3.8) is 0 Å². The molecule has 0 saturated heterocycles. The van der Waals surface area contributed by atoms with Crippen molar-refractivity contribution in [3.05, 3.63) is 52.7 Å². The Bertz CT molecular complexity index is 1050. The Labute approximate surface area is 155 Å². The van der Waals surface area contributed by atoms with E-state index in [0.717, 1.165) is 0 Å². The largest absolute Gasteiger partial charge is 0.507 e. The lowest BCUT2D eigenvalue weighted by molar-refractivity contribution is 0.00668. The number of phenolic OH excluding ortho intramolecular Hbond substituents is 1. The number of nitriles is 1. The molecule has 1 heterocycles. The summed E-state index contributed by atoms with van der Waals surface area (Å²) in [5.41, 5.74) is 1.56. The van der Waals surface area contributed by atoms with Gasteiger partial charge in [-0.2, -0.15) is 5.26 Å². The summed E-state index contributed by atoms with van der Waals surface area (Å²) in [5.74, 6) is -0.814. The molecule has 0 atom stereocenters. The zero-order valence-electron chi connectivity index (χ0n) is 14.5. The minimum Gasteiger partial charge on any atom is -0.507 e. The third kappa shape index (κ3) is 3.51. The molecule has 0 unspecified atom stereocenters. The summed E-state index contributed by atoms with van der Waals surface area (Å²) in [5, 5.41) is 20.4. The lowest BCUT2D eigenvalue weighted by atomic mass is 9.98. The fourth-order valence-electron chi connectivity index (χ4n) is 2.62. The average molecular weight is 370 g/mol. The van der Waals surface area contributed by atoms with Crippen molar-refractivity contribution in [3.8, 4) is 22.9 Å². The van der Waals surface area contributed by atoms with E-state index >= 15 is 0 Å². The number of hydrogen-bond acceptors (Lipinski definition) is 5. The van der Waals surface area contributed by atoms with Gasteiger partial charge in [0.2, 0.25) is 0 Å². The Morgan fingerprint density at radius 3 is 2.58 bits per heavy atom. The zero-order valence-corrected chi connectivity index (χ0v) is 15.2. The van der Waals surface area contributed by atoms with Gasteiger partial charge in [0.15, 0.2) is 5.22 Å². The van der Waals surface area contributed by atoms with Crippen LogP contribution in [0.5, 0.6) is 5.75 Å². The molecule has 3 rings (SSSR count). The van der Waals surface area contributed by atoms with Crippen LogP contribution >= 0.6 is 11.6 Å². The van der Waals surface area contributed by atoms with E-state index in [1.807, 2.05) is 0 Å². The highest BCUT2D eigenvalue weighted by molar-refractivity contribution is 6.30. The summed E-state index contributed by atoms with van der Waals surface area (Å²) in [6, 6.07) is 11.6. The molecule has 6 heteroatoms. The first-order chi connectivity index (χ1) is 12.2. The molecule has 1 N–H and O–H groups in total. The molecule has 0 aliphatic carbocycles. The second-order valence-electron chi connectivity index (χ2n) is 6.83. The zero-order chi connectivity index (χ0) is 19.1. The van der Waals surface area contributed by atoms with Crippen LogP contribution in [0.1, 0.15) is 36.7 Å². The van der Waals surface area contributed by atoms with Crippen LogP contribution in [-0.4, -0.2) is 16.7 Å². The van der Waals surface area contributed by atoms with Crippen molar-refractivity contribution in [2.24, 2.45) is 0 Å². The SMILES string of the molecule is CC(C)(C)OC(=O)c1ccc(-c2cc(C#N)cc3oc(Cl)cc23)cc1O. The summed E-state index contributed by atoms with van der Waals surface area (Å²) in [7, 11) is 0. The van der Waals surface area contributed by atoms with Crippen molar-refractivity contribution >= 4 is 28.5 Å². The maximum Gasteiger partial charge on any atom is 0.342 e. The molecule has 0 aliphatic heterocycles. The lowest BCUT2D eigenvalue weighted by Gasteiger charge is -2.20. The maximum absolute atomic E-state index is 12.2. The first-order valence-corrected chi connectivity index (χ1v) is 8.25. The molecule has 0 fully saturated rings. The van der Waals surface area contributed by atoms with Crippen molar-refractivity contribution in [2.75, 3.05) is 0 Å². The van der Waals surface area contributed by atoms with Gasteiger partial charge in [0.25, 0.3) is 0 Å². The van der Waals surface area contributed by atoms with Crippen molar-refractivity contribution < 1.29 is 19.1 Å². The van der Waals surface area contributed by atoms with Gasteiger partial charge in [-0.3, -0.25) is 0 Å². The summed E-state index contributed by atoms with van der Waals surface area (Å²) in [6.45, 7) is 5.26. The molecule has 0 saturated carbocycles. The van der Waals surface area contributed by atoms with E-state index in [9.17, 15) is 15.2 Å². The molecule has 0 spiro atoms. The average Bonchev–Trinajstić information content (AvgIpc) is 2.91. The number of carbonyl (C=O) groups excluding carboxylic acids is 1. The second-order valence-corrected chi connectivity index (χ2v) is 7.20. The first-order valence-electron chi connectivity index (χ1n) is 7.88. The number of carbonyl (C=O) groups is 1. The number of hydrogen-bond donors (Lipinski definition) is 1. The summed E-state index contributed by atoms with van der Waals surface area (Å²) in [4.78, 5) is 12.2. The maximum atomic E-state index is 12.2. The van der Waals surface area contributed by atoms with Crippen LogP contribution in [0, 0.1) is 11.3 Å². The fraction of sp³-hybridized carbons (Fsp3) is 0.200. The number of furan rings is 1. The van der Waals surface area contributed by atoms with Crippen molar-refractivity contribution in [1.82, 2.24) is 0 Å². The van der Waals surface area contributed by atoms with Crippen LogP contribution in [0.4, 0.5) is 0 Å². The van der Waals surface area contributed by atoms with Crippen LogP contribution in [-0.2, 0) is 4.74 Å². The molecular weight excluding hydrogens is 354 g/mol. The van der Waals surface area contributed by atoms with Crippen molar-refractivity contribution in [1.29, 1.82) is 5.26 Å². The van der Waals surface area contributed by atoms with Crippen LogP contribution in [0.15, 0.2) is 40.8 Å². The van der Waals surface area contributed by atoms with Gasteiger partial charge in [0, 0.05) is 11.5 Å². The van der Waals surface area contributed by atoms with Crippen LogP contribution in [0.2, 0.25) is 5.22 Å². The molecular formula is C20H16ClNO4. The van der Waals surface area contributed by atoms with E-state index in [1.165, 1.54) is 12.1 Å². The Morgan fingerprint density at radius 2 is 1.96 bits per heavy atom. The minimum atomic E-state index is -0.664. The van der Waals surface area contributed by atoms with Gasteiger partial charge in [-0.1, -0.05) is 6.07 Å². The van der Waals surface area contributed by atoms with E-state index in [-0.39, 0.29) is 16.5 Å². The topological polar surface area (TPSA) is 83.5 Å². The molecule has 132 valence electrons. The summed E-state index contributed by atoms with van der Waals surface area (Å²) >= 11 is 5.94. The quantitative estimate of drug-likeness (QED) is 0.621. The number of benzene rings is 2. The number of esters is 1. The van der Waals surface area contributed by atoms with Gasteiger partial charge < -0.3 is 14.3 Å². The van der Waals surface area contributed by atoms with Crippen LogP contribution < -0.4 is 0 Å². The highest BCUT2D eigenvalue weighted by Crippen LogP contribution is 2.36. The lowest BCUT2D eigenvalue weighted by Crippen LogP contribution is -2.23. The number of fused-ring (bicyclic) bond motifs is 1. The van der Waals surface area contributed by atoms with Gasteiger partial charge in [-0.05, 0) is 67.8 Å².